The van der Waals surface area contributed by atoms with Gasteiger partial charge in [-0.05, 0) is 13.5 Å². The van der Waals surface area contributed by atoms with Crippen LogP contribution in [0.3, 0.4) is 0 Å². The summed E-state index contributed by atoms with van der Waals surface area (Å²) in [6.45, 7) is 3.28. The largest absolute Gasteiger partial charge is 0.463 e. The van der Waals surface area contributed by atoms with Crippen molar-refractivity contribution >= 4 is 5.97 Å². The van der Waals surface area contributed by atoms with Crippen LogP contribution in [0, 0.1) is 0 Å². The SMILES string of the molecule is CCCCOC(=O)C=CCNC. The van der Waals surface area contributed by atoms with Gasteiger partial charge in [0.15, 0.2) is 0 Å². The summed E-state index contributed by atoms with van der Waals surface area (Å²) in [6.07, 6.45) is 5.18. The predicted octanol–water partition coefficient (Wildman–Crippen LogP) is 1.11. The first kappa shape index (κ1) is 11.2. The zero-order valence-corrected chi connectivity index (χ0v) is 7.80. The van der Waals surface area contributed by atoms with Crippen molar-refractivity contribution < 1.29 is 9.53 Å². The molecular formula is C9H17NO2. The number of carbonyl (C=O) groups is 1. The van der Waals surface area contributed by atoms with Gasteiger partial charge < -0.3 is 10.1 Å². The lowest BCUT2D eigenvalue weighted by atomic mass is 10.4. The van der Waals surface area contributed by atoms with E-state index in [-0.39, 0.29) is 5.97 Å². The van der Waals surface area contributed by atoms with E-state index in [1.54, 1.807) is 6.08 Å². The van der Waals surface area contributed by atoms with Crippen molar-refractivity contribution in [2.45, 2.75) is 19.8 Å². The van der Waals surface area contributed by atoms with Crippen LogP contribution >= 0.6 is 0 Å². The molecule has 3 nitrogen and oxygen atoms in total. The van der Waals surface area contributed by atoms with Gasteiger partial charge >= 0.3 is 5.97 Å². The number of hydrogen-bond donors (Lipinski definition) is 1. The fourth-order valence-corrected chi connectivity index (χ4v) is 0.638. The summed E-state index contributed by atoms with van der Waals surface area (Å²) >= 11 is 0. The molecule has 0 aliphatic carbocycles. The maximum absolute atomic E-state index is 10.9. The third-order valence-corrected chi connectivity index (χ3v) is 1.32. The highest BCUT2D eigenvalue weighted by Crippen LogP contribution is 1.89. The number of likely N-dealkylation sites (N-methyl/N-ethyl adjacent to an activating group) is 1. The molecule has 0 unspecified atom stereocenters. The molecule has 0 radical (unpaired) electrons. The summed E-state index contributed by atoms with van der Waals surface area (Å²) in [5.41, 5.74) is 0. The van der Waals surface area contributed by atoms with Crippen molar-refractivity contribution in [1.29, 1.82) is 0 Å². The van der Waals surface area contributed by atoms with E-state index < -0.39 is 0 Å². The summed E-state index contributed by atoms with van der Waals surface area (Å²) in [5.74, 6) is -0.251. The van der Waals surface area contributed by atoms with Crippen molar-refractivity contribution in [3.63, 3.8) is 0 Å². The highest BCUT2D eigenvalue weighted by Gasteiger charge is 1.93. The van der Waals surface area contributed by atoms with Gasteiger partial charge in [-0.15, -0.1) is 0 Å². The molecule has 0 aromatic heterocycles. The second-order valence-electron chi connectivity index (χ2n) is 2.48. The molecule has 0 amide bonds. The van der Waals surface area contributed by atoms with E-state index in [0.29, 0.717) is 13.2 Å². The molecule has 1 N–H and O–H groups in total. The van der Waals surface area contributed by atoms with Crippen LogP contribution < -0.4 is 5.32 Å². The van der Waals surface area contributed by atoms with E-state index in [1.165, 1.54) is 6.08 Å². The summed E-state index contributed by atoms with van der Waals surface area (Å²) in [7, 11) is 1.83. The molecule has 0 aliphatic heterocycles. The lowest BCUT2D eigenvalue weighted by Crippen LogP contribution is -2.06. The van der Waals surface area contributed by atoms with Crippen LogP contribution in [0.15, 0.2) is 12.2 Å². The highest BCUT2D eigenvalue weighted by atomic mass is 16.5. The third kappa shape index (κ3) is 7.28. The Hall–Kier alpha value is -0.830. The minimum Gasteiger partial charge on any atom is -0.463 e. The maximum Gasteiger partial charge on any atom is 0.330 e. The number of ether oxygens (including phenoxy) is 1. The van der Waals surface area contributed by atoms with Gasteiger partial charge in [-0.2, -0.15) is 0 Å². The Balaban J connectivity index is 3.33. The smallest absolute Gasteiger partial charge is 0.330 e. The molecular weight excluding hydrogens is 154 g/mol. The first-order valence-electron chi connectivity index (χ1n) is 4.29. The van der Waals surface area contributed by atoms with Gasteiger partial charge in [0.25, 0.3) is 0 Å². The quantitative estimate of drug-likeness (QED) is 0.369. The number of carbonyl (C=O) groups excluding carboxylic acids is 1. The van der Waals surface area contributed by atoms with Crippen molar-refractivity contribution in [2.75, 3.05) is 20.2 Å². The molecule has 0 spiro atoms. The summed E-state index contributed by atoms with van der Waals surface area (Å²) in [4.78, 5) is 10.9. The fourth-order valence-electron chi connectivity index (χ4n) is 0.638. The highest BCUT2D eigenvalue weighted by molar-refractivity contribution is 5.81. The molecule has 0 saturated carbocycles. The number of unbranched alkanes of at least 4 members (excludes halogenated alkanes) is 1. The molecule has 0 bridgehead atoms. The second-order valence-corrected chi connectivity index (χ2v) is 2.48. The van der Waals surface area contributed by atoms with Crippen molar-refractivity contribution in [1.82, 2.24) is 5.32 Å². The average Bonchev–Trinajstić information content (AvgIpc) is 2.06. The first-order valence-corrected chi connectivity index (χ1v) is 4.29. The number of hydrogen-bond acceptors (Lipinski definition) is 3. The minimum absolute atomic E-state index is 0.251. The number of rotatable bonds is 6. The zero-order valence-electron chi connectivity index (χ0n) is 7.80. The molecule has 0 aliphatic rings. The summed E-state index contributed by atoms with van der Waals surface area (Å²) in [5, 5.41) is 2.90. The van der Waals surface area contributed by atoms with Gasteiger partial charge in [-0.3, -0.25) is 0 Å². The topological polar surface area (TPSA) is 38.3 Å². The predicted molar refractivity (Wildman–Crippen MR) is 48.9 cm³/mol. The van der Waals surface area contributed by atoms with Crippen molar-refractivity contribution in [3.8, 4) is 0 Å². The maximum atomic E-state index is 10.9. The Morgan fingerprint density at radius 1 is 1.58 bits per heavy atom. The lowest BCUT2D eigenvalue weighted by molar-refractivity contribution is -0.137. The first-order chi connectivity index (χ1) is 5.81. The number of nitrogens with one attached hydrogen (secondary N) is 1. The minimum atomic E-state index is -0.251. The van der Waals surface area contributed by atoms with Crippen LogP contribution in [-0.4, -0.2) is 26.2 Å². The van der Waals surface area contributed by atoms with E-state index in [1.807, 2.05) is 7.05 Å². The molecule has 70 valence electrons. The molecule has 0 heterocycles. The fraction of sp³-hybridized carbons (Fsp3) is 0.667. The molecule has 12 heavy (non-hydrogen) atoms. The van der Waals surface area contributed by atoms with Crippen LogP contribution in [0.2, 0.25) is 0 Å². The summed E-state index contributed by atoms with van der Waals surface area (Å²) in [6, 6.07) is 0. The van der Waals surface area contributed by atoms with Crippen molar-refractivity contribution in [3.05, 3.63) is 12.2 Å². The van der Waals surface area contributed by atoms with E-state index in [9.17, 15) is 4.79 Å². The molecule has 0 rings (SSSR count). The van der Waals surface area contributed by atoms with Gasteiger partial charge in [0.1, 0.15) is 0 Å². The van der Waals surface area contributed by atoms with Crippen LogP contribution in [0.4, 0.5) is 0 Å². The van der Waals surface area contributed by atoms with Crippen molar-refractivity contribution in [2.24, 2.45) is 0 Å². The molecule has 0 aromatic rings. The molecule has 0 fully saturated rings. The van der Waals surface area contributed by atoms with E-state index >= 15 is 0 Å². The van der Waals surface area contributed by atoms with E-state index in [4.69, 9.17) is 4.74 Å². The Kier molecular flexibility index (Phi) is 7.70. The van der Waals surface area contributed by atoms with Gasteiger partial charge in [-0.25, -0.2) is 4.79 Å². The van der Waals surface area contributed by atoms with Crippen LogP contribution in [0.25, 0.3) is 0 Å². The van der Waals surface area contributed by atoms with Gasteiger partial charge in [0.05, 0.1) is 6.61 Å². The van der Waals surface area contributed by atoms with Crippen LogP contribution in [0.5, 0.6) is 0 Å². The monoisotopic (exact) mass is 171 g/mol. The second kappa shape index (κ2) is 8.27. The lowest BCUT2D eigenvalue weighted by Gasteiger charge is -1.98. The number of esters is 1. The zero-order chi connectivity index (χ0) is 9.23. The normalized spacial score (nSPS) is 10.5. The van der Waals surface area contributed by atoms with Gasteiger partial charge in [0, 0.05) is 12.6 Å². The average molecular weight is 171 g/mol. The molecule has 0 saturated heterocycles. The standard InChI is InChI=1S/C9H17NO2/c1-3-4-8-12-9(11)6-5-7-10-2/h5-6,10H,3-4,7-8H2,1-2H3. The van der Waals surface area contributed by atoms with Crippen LogP contribution in [-0.2, 0) is 9.53 Å². The van der Waals surface area contributed by atoms with E-state index in [2.05, 4.69) is 12.2 Å². The Morgan fingerprint density at radius 3 is 2.92 bits per heavy atom. The van der Waals surface area contributed by atoms with Gasteiger partial charge in [-0.1, -0.05) is 19.4 Å². The Morgan fingerprint density at radius 2 is 2.33 bits per heavy atom. The van der Waals surface area contributed by atoms with Crippen LogP contribution in [0.1, 0.15) is 19.8 Å². The molecule has 3 heteroatoms. The third-order valence-electron chi connectivity index (χ3n) is 1.32. The van der Waals surface area contributed by atoms with E-state index in [0.717, 1.165) is 12.8 Å². The summed E-state index contributed by atoms with van der Waals surface area (Å²) < 4.78 is 4.88. The Labute approximate surface area is 73.8 Å². The molecule has 0 atom stereocenters. The molecule has 0 aromatic carbocycles. The Bertz CT molecular complexity index is 143. The van der Waals surface area contributed by atoms with Gasteiger partial charge in [0.2, 0.25) is 0 Å².